The second kappa shape index (κ2) is 2.59. The number of nitrogens with zero attached hydrogens (tertiary/aromatic N) is 1. The largest absolute Gasteiger partial charge is 0.304 e. The van der Waals surface area contributed by atoms with Crippen LogP contribution < -0.4 is 0 Å². The van der Waals surface area contributed by atoms with Crippen molar-refractivity contribution in [3.63, 3.8) is 0 Å². The number of hydrogen-bond donors (Lipinski definition) is 0. The molecule has 1 heterocycles. The number of halogens is 1. The van der Waals surface area contributed by atoms with Crippen LogP contribution >= 0.6 is 0 Å². The van der Waals surface area contributed by atoms with Gasteiger partial charge in [0.2, 0.25) is 0 Å². The van der Waals surface area contributed by atoms with Crippen LogP contribution in [-0.2, 0) is 0 Å². The van der Waals surface area contributed by atoms with Gasteiger partial charge in [0.25, 0.3) is 0 Å². The Balaban J connectivity index is 2.28. The van der Waals surface area contributed by atoms with E-state index in [0.717, 1.165) is 29.8 Å². The molecule has 0 saturated carbocycles. The molecular formula is C5H12FNSi. The average molecular weight is 133 g/mol. The molecule has 0 spiro atoms. The monoisotopic (exact) mass is 133 g/mol. The minimum absolute atomic E-state index is 0.601. The first kappa shape index (κ1) is 6.23. The van der Waals surface area contributed by atoms with Crippen LogP contribution in [0, 0.1) is 0 Å². The van der Waals surface area contributed by atoms with Crippen LogP contribution in [0.2, 0.25) is 0 Å². The summed E-state index contributed by atoms with van der Waals surface area (Å²) in [4.78, 5) is 0. The fourth-order valence-corrected chi connectivity index (χ4v) is 1.61. The summed E-state index contributed by atoms with van der Waals surface area (Å²) in [6, 6.07) is 0. The van der Waals surface area contributed by atoms with Gasteiger partial charge in [0.15, 0.2) is 0 Å². The van der Waals surface area contributed by atoms with Gasteiger partial charge in [0.1, 0.15) is 6.30 Å². The lowest BCUT2D eigenvalue weighted by Crippen LogP contribution is -2.33. The van der Waals surface area contributed by atoms with E-state index in [1.807, 2.05) is 4.57 Å². The minimum atomic E-state index is -0.601. The van der Waals surface area contributed by atoms with Crippen LogP contribution in [0.4, 0.5) is 4.39 Å². The molecule has 1 aliphatic heterocycles. The van der Waals surface area contributed by atoms with Gasteiger partial charge in [-0.25, -0.2) is 4.39 Å². The Morgan fingerprint density at radius 1 is 1.50 bits per heavy atom. The predicted molar refractivity (Wildman–Crippen MR) is 35.4 cm³/mol. The predicted octanol–water partition coefficient (Wildman–Crippen LogP) is 0.0483. The molecule has 1 unspecified atom stereocenters. The maximum Gasteiger partial charge on any atom is 0.147 e. The van der Waals surface area contributed by atoms with E-state index in [-0.39, 0.29) is 0 Å². The molecule has 0 aliphatic carbocycles. The highest BCUT2D eigenvalue weighted by Gasteiger charge is 2.15. The van der Waals surface area contributed by atoms with Crippen molar-refractivity contribution in [3.8, 4) is 0 Å². The van der Waals surface area contributed by atoms with Crippen molar-refractivity contribution < 1.29 is 4.39 Å². The van der Waals surface area contributed by atoms with Gasteiger partial charge < -0.3 is 4.57 Å². The molecule has 0 radical (unpaired) electrons. The van der Waals surface area contributed by atoms with Crippen LogP contribution in [0.5, 0.6) is 0 Å². The summed E-state index contributed by atoms with van der Waals surface area (Å²) in [6.07, 6.45) is 2.45. The minimum Gasteiger partial charge on any atom is -0.304 e. The van der Waals surface area contributed by atoms with Crippen molar-refractivity contribution in [1.82, 2.24) is 4.57 Å². The first-order valence-corrected chi connectivity index (χ1v) is 4.04. The van der Waals surface area contributed by atoms with Crippen LogP contribution in [0.3, 0.4) is 0 Å². The Morgan fingerprint density at radius 2 is 2.25 bits per heavy atom. The van der Waals surface area contributed by atoms with Crippen LogP contribution in [0.15, 0.2) is 0 Å². The molecule has 0 bridgehead atoms. The second-order valence-corrected chi connectivity index (χ2v) is 3.56. The summed E-state index contributed by atoms with van der Waals surface area (Å²) < 4.78 is 14.4. The van der Waals surface area contributed by atoms with Crippen molar-refractivity contribution in [2.24, 2.45) is 0 Å². The van der Waals surface area contributed by atoms with Gasteiger partial charge in [0, 0.05) is 0 Å². The molecule has 0 aromatic carbocycles. The van der Waals surface area contributed by atoms with E-state index >= 15 is 0 Å². The quantitative estimate of drug-likeness (QED) is 0.333. The molecule has 0 N–H and O–H groups in total. The molecule has 1 aliphatic rings. The Morgan fingerprint density at radius 3 is 2.62 bits per heavy atom. The fraction of sp³-hybridized carbons (Fsp3) is 1.00. The first-order chi connectivity index (χ1) is 3.80. The smallest absolute Gasteiger partial charge is 0.147 e. The summed E-state index contributed by atoms with van der Waals surface area (Å²) in [5.41, 5.74) is 0. The van der Waals surface area contributed by atoms with E-state index < -0.39 is 6.30 Å². The Hall–Kier alpha value is 0.107. The van der Waals surface area contributed by atoms with Crippen LogP contribution in [0.1, 0.15) is 19.3 Å². The lowest BCUT2D eigenvalue weighted by atomic mass is 10.2. The summed E-state index contributed by atoms with van der Waals surface area (Å²) in [6.45, 7) is 0.993. The SMILES string of the molecule is FC1CCCCN1[SiH3]. The molecule has 0 amide bonds. The standard InChI is InChI=1S/C5H12FNSi/c6-5-3-1-2-4-7(5)8/h5H,1-4H2,8H3. The van der Waals surface area contributed by atoms with Gasteiger partial charge in [0.05, 0.1) is 10.4 Å². The van der Waals surface area contributed by atoms with E-state index in [1.165, 1.54) is 6.42 Å². The lowest BCUT2D eigenvalue weighted by Gasteiger charge is -2.26. The molecule has 8 heavy (non-hydrogen) atoms. The van der Waals surface area contributed by atoms with Gasteiger partial charge in [-0.2, -0.15) is 0 Å². The second-order valence-electron chi connectivity index (χ2n) is 2.41. The molecule has 0 aromatic rings. The van der Waals surface area contributed by atoms with Crippen LogP contribution in [0.25, 0.3) is 0 Å². The van der Waals surface area contributed by atoms with E-state index in [0.29, 0.717) is 0 Å². The molecule has 1 rings (SSSR count). The molecule has 1 fully saturated rings. The van der Waals surface area contributed by atoms with Gasteiger partial charge in [-0.15, -0.1) is 0 Å². The molecule has 1 saturated heterocycles. The average Bonchev–Trinajstić information content (AvgIpc) is 1.77. The van der Waals surface area contributed by atoms with Crippen molar-refractivity contribution >= 4 is 10.4 Å². The first-order valence-electron chi connectivity index (χ1n) is 3.15. The molecule has 48 valence electrons. The van der Waals surface area contributed by atoms with Crippen molar-refractivity contribution in [2.45, 2.75) is 25.6 Å². The third-order valence-electron chi connectivity index (χ3n) is 1.68. The van der Waals surface area contributed by atoms with Crippen molar-refractivity contribution in [3.05, 3.63) is 0 Å². The summed E-state index contributed by atoms with van der Waals surface area (Å²) in [5, 5.41) is 0. The molecule has 0 aromatic heterocycles. The summed E-state index contributed by atoms with van der Waals surface area (Å²) in [5.74, 6) is 0. The normalized spacial score (nSPS) is 33.4. The van der Waals surface area contributed by atoms with E-state index in [1.54, 1.807) is 0 Å². The van der Waals surface area contributed by atoms with Crippen LogP contribution in [-0.4, -0.2) is 27.8 Å². The third kappa shape index (κ3) is 1.29. The highest BCUT2D eigenvalue weighted by molar-refractivity contribution is 6.04. The van der Waals surface area contributed by atoms with E-state index in [9.17, 15) is 4.39 Å². The zero-order valence-corrected chi connectivity index (χ0v) is 7.23. The Bertz CT molecular complexity index is 68.8. The Kier molecular flexibility index (Phi) is 2.02. The van der Waals surface area contributed by atoms with Crippen molar-refractivity contribution in [1.29, 1.82) is 0 Å². The highest BCUT2D eigenvalue weighted by Crippen LogP contribution is 2.14. The van der Waals surface area contributed by atoms with Gasteiger partial charge in [-0.05, 0) is 25.8 Å². The van der Waals surface area contributed by atoms with Gasteiger partial charge in [-0.3, -0.25) is 0 Å². The van der Waals surface area contributed by atoms with E-state index in [4.69, 9.17) is 0 Å². The molecule has 1 nitrogen and oxygen atoms in total. The maximum atomic E-state index is 12.5. The summed E-state index contributed by atoms with van der Waals surface area (Å²) in [7, 11) is 0.893. The summed E-state index contributed by atoms with van der Waals surface area (Å²) >= 11 is 0. The fourth-order valence-electron chi connectivity index (χ4n) is 1.03. The zero-order chi connectivity index (χ0) is 5.98. The lowest BCUT2D eigenvalue weighted by molar-refractivity contribution is 0.125. The maximum absolute atomic E-state index is 12.5. The Labute approximate surface area is 52.4 Å². The highest BCUT2D eigenvalue weighted by atomic mass is 28.2. The number of piperidine rings is 1. The number of hydrogen-bond acceptors (Lipinski definition) is 1. The topological polar surface area (TPSA) is 3.24 Å². The van der Waals surface area contributed by atoms with Gasteiger partial charge >= 0.3 is 0 Å². The van der Waals surface area contributed by atoms with E-state index in [2.05, 4.69) is 0 Å². The number of rotatable bonds is 0. The third-order valence-corrected chi connectivity index (χ3v) is 2.69. The molecular weight excluding hydrogens is 121 g/mol. The number of alkyl halides is 1. The van der Waals surface area contributed by atoms with Crippen molar-refractivity contribution in [2.75, 3.05) is 6.54 Å². The van der Waals surface area contributed by atoms with Gasteiger partial charge in [-0.1, -0.05) is 0 Å². The molecule has 3 heteroatoms. The zero-order valence-electron chi connectivity index (χ0n) is 5.23. The molecule has 1 atom stereocenters.